The monoisotopic (exact) mass is 457 g/mol. The minimum Gasteiger partial charge on any atom is -1.00 e. The zero-order valence-electron chi connectivity index (χ0n) is 13.6. The van der Waals surface area contributed by atoms with Crippen LogP contribution in [-0.2, 0) is 23.5 Å². The van der Waals surface area contributed by atoms with E-state index in [1.807, 2.05) is 42.3 Å². The van der Waals surface area contributed by atoms with Gasteiger partial charge in [0.2, 0.25) is 10.0 Å². The van der Waals surface area contributed by atoms with Crippen LogP contribution in [0.3, 0.4) is 0 Å². The quantitative estimate of drug-likeness (QED) is 0.372. The minimum atomic E-state index is -3.19. The van der Waals surface area contributed by atoms with Crippen LogP contribution in [0, 0.1) is 0 Å². The summed E-state index contributed by atoms with van der Waals surface area (Å²) in [5.41, 5.74) is 4.32. The van der Waals surface area contributed by atoms with Crippen LogP contribution in [-0.4, -0.2) is 26.2 Å². The third kappa shape index (κ3) is 4.14. The fraction of sp³-hybridized carbons (Fsp3) is 0.235. The van der Waals surface area contributed by atoms with Crippen LogP contribution >= 0.6 is 0 Å². The number of hydrogen-bond donors (Lipinski definition) is 2. The van der Waals surface area contributed by atoms with Crippen molar-refractivity contribution in [2.75, 3.05) is 12.8 Å². The summed E-state index contributed by atoms with van der Waals surface area (Å²) < 4.78 is 27.5. The molecule has 0 fully saturated rings. The molecule has 2 aromatic heterocycles. The molecule has 7 heteroatoms. The molecule has 0 aliphatic heterocycles. The molecule has 0 atom stereocenters. The number of hydrogen-bond acceptors (Lipinski definition) is 2. The van der Waals surface area contributed by atoms with E-state index >= 15 is 0 Å². The number of halogens is 1. The van der Waals surface area contributed by atoms with E-state index in [9.17, 15) is 8.42 Å². The zero-order chi connectivity index (χ0) is 16.4. The van der Waals surface area contributed by atoms with Crippen molar-refractivity contribution in [3.63, 3.8) is 0 Å². The molecule has 3 aromatic rings. The van der Waals surface area contributed by atoms with Gasteiger partial charge in [0.05, 0.1) is 5.75 Å². The Labute approximate surface area is 159 Å². The molecule has 2 N–H and O–H groups in total. The van der Waals surface area contributed by atoms with Crippen molar-refractivity contribution < 1.29 is 37.0 Å². The third-order valence-electron chi connectivity index (χ3n) is 4.01. The van der Waals surface area contributed by atoms with Gasteiger partial charge in [-0.1, -0.05) is 6.07 Å². The van der Waals surface area contributed by atoms with Gasteiger partial charge in [0.1, 0.15) is 7.05 Å². The first-order valence-electron chi connectivity index (χ1n) is 7.45. The number of sulfonamides is 1. The molecule has 0 radical (unpaired) electrons. The fourth-order valence-corrected chi connectivity index (χ4v) is 3.31. The van der Waals surface area contributed by atoms with Crippen molar-refractivity contribution in [3.05, 3.63) is 54.5 Å². The van der Waals surface area contributed by atoms with Crippen molar-refractivity contribution in [2.45, 2.75) is 6.42 Å². The van der Waals surface area contributed by atoms with Crippen LogP contribution in [0.5, 0.6) is 0 Å². The van der Waals surface area contributed by atoms with E-state index in [-0.39, 0.29) is 29.7 Å². The molecule has 1 aromatic carbocycles. The number of nitrogens with one attached hydrogen (secondary N) is 2. The molecule has 5 nitrogen and oxygen atoms in total. The molecule has 2 heterocycles. The van der Waals surface area contributed by atoms with Gasteiger partial charge in [-0.05, 0) is 36.7 Å². The van der Waals surface area contributed by atoms with Gasteiger partial charge in [0.25, 0.3) is 0 Å². The number of fused-ring (bicyclic) bond motifs is 1. The Morgan fingerprint density at radius 1 is 1.17 bits per heavy atom. The van der Waals surface area contributed by atoms with Gasteiger partial charge in [-0.25, -0.2) is 17.7 Å². The molecule has 128 valence electrons. The van der Waals surface area contributed by atoms with Gasteiger partial charge in [-0.2, -0.15) is 0 Å². The summed E-state index contributed by atoms with van der Waals surface area (Å²) >= 11 is 0. The number of nitrogens with zero attached hydrogens (tertiary/aromatic N) is 1. The number of benzene rings is 1. The average molecular weight is 457 g/mol. The van der Waals surface area contributed by atoms with Crippen molar-refractivity contribution in [1.82, 2.24) is 9.71 Å². The maximum Gasteiger partial charge on any atom is 0.211 e. The number of pyridine rings is 1. The molecule has 0 saturated carbocycles. The van der Waals surface area contributed by atoms with Gasteiger partial charge in [0, 0.05) is 34.8 Å². The highest BCUT2D eigenvalue weighted by atomic mass is 127. The Bertz CT molecular complexity index is 934. The zero-order valence-corrected chi connectivity index (χ0v) is 16.6. The predicted octanol–water partition coefficient (Wildman–Crippen LogP) is -1.24. The Balaban J connectivity index is 0.00000208. The van der Waals surface area contributed by atoms with E-state index in [0.29, 0.717) is 6.42 Å². The van der Waals surface area contributed by atoms with Gasteiger partial charge in [-0.15, -0.1) is 0 Å². The maximum absolute atomic E-state index is 11.6. The highest BCUT2D eigenvalue weighted by Crippen LogP contribution is 2.28. The molecule has 0 amide bonds. The standard InChI is InChI=1S/C17H19N3O2S.HI/c1-18-23(21,22)10-7-13-3-4-17-15(11-13)16(12-19-17)14-5-8-20(2)9-6-14;/h3-6,8-9,11-12,18H,7,10H2,1-2H3;1H. The molecule has 0 bridgehead atoms. The first-order valence-corrected chi connectivity index (χ1v) is 9.10. The summed E-state index contributed by atoms with van der Waals surface area (Å²) in [7, 11) is 0.243. The number of aromatic nitrogens is 2. The van der Waals surface area contributed by atoms with Crippen molar-refractivity contribution in [2.24, 2.45) is 7.05 Å². The summed E-state index contributed by atoms with van der Waals surface area (Å²) in [6.45, 7) is 0. The summed E-state index contributed by atoms with van der Waals surface area (Å²) in [5, 5.41) is 1.11. The first kappa shape index (κ1) is 18.9. The van der Waals surface area contributed by atoms with Crippen molar-refractivity contribution in [1.29, 1.82) is 0 Å². The van der Waals surface area contributed by atoms with Crippen LogP contribution in [0.4, 0.5) is 0 Å². The van der Waals surface area contributed by atoms with Gasteiger partial charge < -0.3 is 29.0 Å². The normalized spacial score (nSPS) is 11.4. The third-order valence-corrected chi connectivity index (χ3v) is 5.37. The second-order valence-corrected chi connectivity index (χ2v) is 7.65. The van der Waals surface area contributed by atoms with Crippen molar-refractivity contribution in [3.8, 4) is 11.1 Å². The van der Waals surface area contributed by atoms with Crippen LogP contribution in [0.1, 0.15) is 5.56 Å². The molecule has 3 rings (SSSR count). The van der Waals surface area contributed by atoms with Gasteiger partial charge in [0.15, 0.2) is 12.4 Å². The van der Waals surface area contributed by atoms with E-state index < -0.39 is 10.0 Å². The lowest BCUT2D eigenvalue weighted by atomic mass is 10.0. The van der Waals surface area contributed by atoms with Crippen LogP contribution in [0.2, 0.25) is 0 Å². The van der Waals surface area contributed by atoms with E-state index in [4.69, 9.17) is 0 Å². The molecule has 0 unspecified atom stereocenters. The Hall–Kier alpha value is -1.45. The number of rotatable bonds is 5. The topological polar surface area (TPSA) is 65.8 Å². The average Bonchev–Trinajstić information content (AvgIpc) is 2.97. The molecular weight excluding hydrogens is 437 g/mol. The summed E-state index contributed by atoms with van der Waals surface area (Å²) in [6.07, 6.45) is 6.51. The molecule has 24 heavy (non-hydrogen) atoms. The summed E-state index contributed by atoms with van der Waals surface area (Å²) in [6, 6.07) is 10.2. The largest absolute Gasteiger partial charge is 1.00 e. The van der Waals surface area contributed by atoms with E-state index in [2.05, 4.69) is 27.9 Å². The highest BCUT2D eigenvalue weighted by Gasteiger charge is 2.10. The second-order valence-electron chi connectivity index (χ2n) is 5.61. The van der Waals surface area contributed by atoms with Crippen molar-refractivity contribution >= 4 is 20.9 Å². The summed E-state index contributed by atoms with van der Waals surface area (Å²) in [5.74, 6) is 0.0932. The number of H-pyrrole nitrogens is 1. The lowest BCUT2D eigenvalue weighted by Crippen LogP contribution is -3.00. The smallest absolute Gasteiger partial charge is 0.211 e. The van der Waals surface area contributed by atoms with E-state index in [1.54, 1.807) is 0 Å². The molecule has 0 aliphatic rings. The van der Waals surface area contributed by atoms with E-state index in [0.717, 1.165) is 27.6 Å². The molecule has 0 spiro atoms. The Morgan fingerprint density at radius 2 is 1.88 bits per heavy atom. The molecule has 0 aliphatic carbocycles. The molecular formula is C17H20IN3O2S. The Kier molecular flexibility index (Phi) is 6.00. The maximum atomic E-state index is 11.6. The van der Waals surface area contributed by atoms with Crippen LogP contribution in [0.15, 0.2) is 48.9 Å². The lowest BCUT2D eigenvalue weighted by Gasteiger charge is -2.04. The SMILES string of the molecule is CNS(=O)(=O)CCc1ccc2[nH]cc(-c3cc[n+](C)cc3)c2c1.[I-]. The van der Waals surface area contributed by atoms with Crippen LogP contribution < -0.4 is 33.3 Å². The minimum absolute atomic E-state index is 0. The molecule has 0 saturated heterocycles. The van der Waals surface area contributed by atoms with E-state index in [1.165, 1.54) is 7.05 Å². The van der Waals surface area contributed by atoms with Gasteiger partial charge >= 0.3 is 0 Å². The lowest BCUT2D eigenvalue weighted by molar-refractivity contribution is -0.671. The summed E-state index contributed by atoms with van der Waals surface area (Å²) in [4.78, 5) is 3.27. The number of aromatic amines is 1. The highest BCUT2D eigenvalue weighted by molar-refractivity contribution is 7.89. The fourth-order valence-electron chi connectivity index (χ4n) is 2.60. The van der Waals surface area contributed by atoms with Gasteiger partial charge in [-0.3, -0.25) is 0 Å². The second kappa shape index (κ2) is 7.62. The first-order chi connectivity index (χ1) is 11.0. The Morgan fingerprint density at radius 3 is 2.54 bits per heavy atom. The number of aryl methyl sites for hydroxylation is 2. The predicted molar refractivity (Wildman–Crippen MR) is 91.5 cm³/mol. The van der Waals surface area contributed by atoms with Crippen LogP contribution in [0.25, 0.3) is 22.0 Å².